The first-order valence-electron chi connectivity index (χ1n) is 4.23. The summed E-state index contributed by atoms with van der Waals surface area (Å²) in [7, 11) is 0. The second-order valence-electron chi connectivity index (χ2n) is 3.33. The normalized spacial score (nSPS) is 10.7. The van der Waals surface area contributed by atoms with Crippen LogP contribution in [0.5, 0.6) is 0 Å². The van der Waals surface area contributed by atoms with Crippen LogP contribution < -0.4 is 0 Å². The highest BCUT2D eigenvalue weighted by Gasteiger charge is 2.10. The van der Waals surface area contributed by atoms with Gasteiger partial charge in [0, 0.05) is 6.54 Å². The van der Waals surface area contributed by atoms with Gasteiger partial charge in [-0.1, -0.05) is 19.1 Å². The van der Waals surface area contributed by atoms with Gasteiger partial charge in [0.15, 0.2) is 5.69 Å². The number of aromatic carboxylic acids is 1. The van der Waals surface area contributed by atoms with Gasteiger partial charge in [-0.3, -0.25) is 0 Å². The first-order valence-corrected chi connectivity index (χ1v) is 4.23. The molecule has 0 bridgehead atoms. The summed E-state index contributed by atoms with van der Waals surface area (Å²) >= 11 is 0. The predicted molar refractivity (Wildman–Crippen MR) is 46.4 cm³/mol. The van der Waals surface area contributed by atoms with E-state index >= 15 is 0 Å². The van der Waals surface area contributed by atoms with E-state index in [1.54, 1.807) is 0 Å². The number of carboxylic acid groups (broad SMARTS) is 1. The van der Waals surface area contributed by atoms with Crippen molar-refractivity contribution in [3.8, 4) is 0 Å². The molecule has 1 aromatic heterocycles. The maximum absolute atomic E-state index is 10.6. The van der Waals surface area contributed by atoms with Crippen LogP contribution in [-0.2, 0) is 6.54 Å². The molecule has 0 atom stereocenters. The zero-order chi connectivity index (χ0) is 9.84. The Morgan fingerprint density at radius 3 is 2.92 bits per heavy atom. The molecule has 0 amide bonds. The van der Waals surface area contributed by atoms with Crippen molar-refractivity contribution in [1.29, 1.82) is 0 Å². The molecule has 13 heavy (non-hydrogen) atoms. The summed E-state index contributed by atoms with van der Waals surface area (Å²) in [4.78, 5) is 10.6. The topological polar surface area (TPSA) is 68.0 Å². The highest BCUT2D eigenvalue weighted by molar-refractivity contribution is 5.85. The summed E-state index contributed by atoms with van der Waals surface area (Å²) in [6, 6.07) is 0. The Kier molecular flexibility index (Phi) is 3.00. The molecule has 72 valence electrons. The van der Waals surface area contributed by atoms with E-state index in [-0.39, 0.29) is 5.69 Å². The van der Waals surface area contributed by atoms with Crippen molar-refractivity contribution in [2.45, 2.75) is 26.8 Å². The van der Waals surface area contributed by atoms with E-state index in [1.165, 1.54) is 10.9 Å². The summed E-state index contributed by atoms with van der Waals surface area (Å²) in [6.45, 7) is 4.77. The largest absolute Gasteiger partial charge is 0.476 e. The average molecular weight is 183 g/mol. The van der Waals surface area contributed by atoms with Gasteiger partial charge in [-0.05, 0) is 12.3 Å². The van der Waals surface area contributed by atoms with Crippen LogP contribution in [0.3, 0.4) is 0 Å². The Balaban J connectivity index is 2.65. The molecule has 0 radical (unpaired) electrons. The van der Waals surface area contributed by atoms with Gasteiger partial charge in [-0.2, -0.15) is 0 Å². The Morgan fingerprint density at radius 2 is 2.38 bits per heavy atom. The maximum atomic E-state index is 10.6. The van der Waals surface area contributed by atoms with Gasteiger partial charge < -0.3 is 5.11 Å². The number of hydrogen-bond acceptors (Lipinski definition) is 3. The molecule has 1 heterocycles. The van der Waals surface area contributed by atoms with E-state index < -0.39 is 5.97 Å². The molecule has 5 heteroatoms. The van der Waals surface area contributed by atoms with E-state index in [1.807, 2.05) is 0 Å². The van der Waals surface area contributed by atoms with Crippen molar-refractivity contribution >= 4 is 5.97 Å². The van der Waals surface area contributed by atoms with Crippen LogP contribution >= 0.6 is 0 Å². The van der Waals surface area contributed by atoms with E-state index in [0.717, 1.165) is 6.42 Å². The zero-order valence-corrected chi connectivity index (χ0v) is 7.77. The molecule has 0 saturated heterocycles. The van der Waals surface area contributed by atoms with Crippen LogP contribution in [0.15, 0.2) is 6.20 Å². The van der Waals surface area contributed by atoms with Crippen molar-refractivity contribution in [3.63, 3.8) is 0 Å². The van der Waals surface area contributed by atoms with Gasteiger partial charge in [-0.25, -0.2) is 9.48 Å². The van der Waals surface area contributed by atoms with Crippen molar-refractivity contribution in [2.75, 3.05) is 0 Å². The summed E-state index contributed by atoms with van der Waals surface area (Å²) in [5.41, 5.74) is 0.153. The third-order valence-electron chi connectivity index (χ3n) is 1.76. The number of hydrogen-bond donors (Lipinski definition) is 1. The van der Waals surface area contributed by atoms with E-state index in [9.17, 15) is 4.79 Å². The third-order valence-corrected chi connectivity index (χ3v) is 1.76. The quantitative estimate of drug-likeness (QED) is 0.756. The summed E-state index contributed by atoms with van der Waals surface area (Å²) in [6.07, 6.45) is 2.17. The first kappa shape index (κ1) is 9.70. The second kappa shape index (κ2) is 4.02. The van der Waals surface area contributed by atoms with Crippen LogP contribution in [0, 0.1) is 5.92 Å². The lowest BCUT2D eigenvalue weighted by Gasteiger charge is -2.04. The highest BCUT2D eigenvalue weighted by Crippen LogP contribution is 2.04. The number of carboxylic acids is 1. The lowest BCUT2D eigenvalue weighted by Crippen LogP contribution is -2.11. The molecular weight excluding hydrogens is 170 g/mol. The van der Waals surface area contributed by atoms with Crippen molar-refractivity contribution in [3.05, 3.63) is 11.9 Å². The van der Waals surface area contributed by atoms with Gasteiger partial charge in [0.2, 0.25) is 0 Å². The molecule has 0 aliphatic heterocycles. The molecule has 0 saturated carbocycles. The minimum absolute atomic E-state index is 0.153. The van der Waals surface area contributed by atoms with Gasteiger partial charge in [0.05, 0.1) is 6.20 Å². The molecule has 0 fully saturated rings. The Bertz CT molecular complexity index is 293. The number of aryl methyl sites for hydroxylation is 1. The molecule has 1 aromatic rings. The van der Waals surface area contributed by atoms with Gasteiger partial charge in [0.1, 0.15) is 0 Å². The molecule has 0 aliphatic rings. The Hall–Kier alpha value is -1.39. The van der Waals surface area contributed by atoms with Crippen LogP contribution in [-0.4, -0.2) is 26.1 Å². The molecule has 0 aliphatic carbocycles. The summed E-state index contributed by atoms with van der Waals surface area (Å²) < 4.78 is 1.42. The minimum Gasteiger partial charge on any atom is -0.476 e. The summed E-state index contributed by atoms with van der Waals surface area (Å²) in [5, 5.41) is 16.0. The highest BCUT2D eigenvalue weighted by atomic mass is 16.4. The maximum Gasteiger partial charge on any atom is 0.355 e. The average Bonchev–Trinajstić information content (AvgIpc) is 2.47. The monoisotopic (exact) mass is 183 g/mol. The molecule has 1 rings (SSSR count). The lowest BCUT2D eigenvalue weighted by atomic mass is 10.1. The van der Waals surface area contributed by atoms with Crippen molar-refractivity contribution in [1.82, 2.24) is 15.0 Å². The number of rotatable bonds is 4. The molecule has 0 unspecified atom stereocenters. The third kappa shape index (κ3) is 2.54. The molecule has 1 N–H and O–H groups in total. The van der Waals surface area contributed by atoms with Gasteiger partial charge >= 0.3 is 5.97 Å². The fraction of sp³-hybridized carbons (Fsp3) is 0.625. The Morgan fingerprint density at radius 1 is 1.69 bits per heavy atom. The number of carbonyl (C=O) groups is 1. The first-order chi connectivity index (χ1) is 6.11. The van der Waals surface area contributed by atoms with Gasteiger partial charge in [0.25, 0.3) is 0 Å². The zero-order valence-electron chi connectivity index (χ0n) is 7.77. The summed E-state index contributed by atoms with van der Waals surface area (Å²) in [5.74, 6) is -0.445. The Labute approximate surface area is 76.4 Å². The fourth-order valence-electron chi connectivity index (χ4n) is 0.969. The standard InChI is InChI=1S/C8H13N3O2/c1-6(2)3-4-11-7(8(12)13)5-9-10-11/h5-6H,3-4H2,1-2H3,(H,12,13). The molecule has 0 spiro atoms. The molecular formula is C8H13N3O2. The van der Waals surface area contributed by atoms with E-state index in [2.05, 4.69) is 24.2 Å². The lowest BCUT2D eigenvalue weighted by molar-refractivity contribution is 0.0682. The van der Waals surface area contributed by atoms with Crippen LogP contribution in [0.2, 0.25) is 0 Å². The van der Waals surface area contributed by atoms with Crippen LogP contribution in [0.4, 0.5) is 0 Å². The van der Waals surface area contributed by atoms with Gasteiger partial charge in [-0.15, -0.1) is 5.10 Å². The number of nitrogens with zero attached hydrogens (tertiary/aromatic N) is 3. The minimum atomic E-state index is -0.978. The second-order valence-corrected chi connectivity index (χ2v) is 3.33. The fourth-order valence-corrected chi connectivity index (χ4v) is 0.969. The van der Waals surface area contributed by atoms with E-state index in [4.69, 9.17) is 5.11 Å². The smallest absolute Gasteiger partial charge is 0.355 e. The van der Waals surface area contributed by atoms with Crippen LogP contribution in [0.1, 0.15) is 30.8 Å². The predicted octanol–water partition coefficient (Wildman–Crippen LogP) is 1.02. The van der Waals surface area contributed by atoms with E-state index in [0.29, 0.717) is 12.5 Å². The van der Waals surface area contributed by atoms with Crippen LogP contribution in [0.25, 0.3) is 0 Å². The number of aromatic nitrogens is 3. The van der Waals surface area contributed by atoms with Crippen molar-refractivity contribution < 1.29 is 9.90 Å². The molecule has 0 aromatic carbocycles. The SMILES string of the molecule is CC(C)CCn1nncc1C(=O)O. The van der Waals surface area contributed by atoms with Crippen molar-refractivity contribution in [2.24, 2.45) is 5.92 Å². The molecule has 5 nitrogen and oxygen atoms in total.